The molecule has 1 aliphatic rings. The minimum atomic E-state index is -0.658. The molecule has 2 atom stereocenters. The maximum atomic E-state index is 11.4. The molecule has 0 aliphatic carbocycles. The van der Waals surface area contributed by atoms with Crippen LogP contribution in [0.5, 0.6) is 0 Å². The number of likely N-dealkylation sites (tertiary alicyclic amines) is 1. The Labute approximate surface area is 105 Å². The summed E-state index contributed by atoms with van der Waals surface area (Å²) in [5.74, 6) is -0.658. The smallest absolute Gasteiger partial charge is 0.310 e. The molecule has 2 heterocycles. The Balaban J connectivity index is 2.09. The first-order chi connectivity index (χ1) is 8.09. The Morgan fingerprint density at radius 2 is 2.53 bits per heavy atom. The Hall–Kier alpha value is -0.940. The van der Waals surface area contributed by atoms with Gasteiger partial charge in [0.1, 0.15) is 5.01 Å². The monoisotopic (exact) mass is 254 g/mol. The van der Waals surface area contributed by atoms with Crippen LogP contribution in [-0.4, -0.2) is 34.0 Å². The summed E-state index contributed by atoms with van der Waals surface area (Å²) < 4.78 is 0. The SMILES string of the molecule is CCC1(C(=O)O)CCN(C(C)c2nccs2)C1. The van der Waals surface area contributed by atoms with E-state index in [0.717, 1.165) is 18.0 Å². The zero-order chi connectivity index (χ0) is 12.5. The molecule has 94 valence electrons. The van der Waals surface area contributed by atoms with E-state index in [2.05, 4.69) is 16.8 Å². The average molecular weight is 254 g/mol. The zero-order valence-corrected chi connectivity index (χ0v) is 11.0. The van der Waals surface area contributed by atoms with Gasteiger partial charge in [0.05, 0.1) is 11.5 Å². The molecule has 5 heteroatoms. The highest BCUT2D eigenvalue weighted by molar-refractivity contribution is 7.09. The summed E-state index contributed by atoms with van der Waals surface area (Å²) in [6.07, 6.45) is 3.24. The lowest BCUT2D eigenvalue weighted by Crippen LogP contribution is -2.34. The number of hydrogen-bond acceptors (Lipinski definition) is 4. The molecule has 0 aromatic carbocycles. The molecular formula is C12H18N2O2S. The van der Waals surface area contributed by atoms with Crippen LogP contribution in [-0.2, 0) is 4.79 Å². The third kappa shape index (κ3) is 2.21. The van der Waals surface area contributed by atoms with Crippen molar-refractivity contribution in [2.45, 2.75) is 32.7 Å². The van der Waals surface area contributed by atoms with Crippen LogP contribution in [0.1, 0.15) is 37.7 Å². The van der Waals surface area contributed by atoms with Gasteiger partial charge in [-0.1, -0.05) is 6.92 Å². The Bertz CT molecular complexity index is 393. The van der Waals surface area contributed by atoms with Crippen LogP contribution >= 0.6 is 11.3 Å². The quantitative estimate of drug-likeness (QED) is 0.896. The predicted molar refractivity (Wildman–Crippen MR) is 67.1 cm³/mol. The van der Waals surface area contributed by atoms with Gasteiger partial charge in [-0.2, -0.15) is 0 Å². The summed E-state index contributed by atoms with van der Waals surface area (Å²) in [4.78, 5) is 17.9. The number of carboxylic acid groups (broad SMARTS) is 1. The van der Waals surface area contributed by atoms with Crippen LogP contribution in [0.25, 0.3) is 0 Å². The van der Waals surface area contributed by atoms with Gasteiger partial charge in [-0.3, -0.25) is 9.69 Å². The van der Waals surface area contributed by atoms with Crippen molar-refractivity contribution in [2.24, 2.45) is 5.41 Å². The molecule has 0 bridgehead atoms. The third-order valence-electron chi connectivity index (χ3n) is 3.87. The molecule has 1 aromatic heterocycles. The first-order valence-electron chi connectivity index (χ1n) is 5.96. The Morgan fingerprint density at radius 1 is 1.76 bits per heavy atom. The highest BCUT2D eigenvalue weighted by Gasteiger charge is 2.44. The normalized spacial score (nSPS) is 27.2. The Morgan fingerprint density at radius 3 is 3.00 bits per heavy atom. The Kier molecular flexibility index (Phi) is 3.49. The lowest BCUT2D eigenvalue weighted by Gasteiger charge is -2.26. The molecule has 2 rings (SSSR count). The number of nitrogens with zero attached hydrogens (tertiary/aromatic N) is 2. The van der Waals surface area contributed by atoms with E-state index in [1.165, 1.54) is 0 Å². The van der Waals surface area contributed by atoms with Crippen LogP contribution in [0.3, 0.4) is 0 Å². The van der Waals surface area contributed by atoms with E-state index in [1.54, 1.807) is 17.5 Å². The second-order valence-corrected chi connectivity index (χ2v) is 5.63. The van der Waals surface area contributed by atoms with Gasteiger partial charge in [0.25, 0.3) is 0 Å². The first kappa shape index (κ1) is 12.5. The van der Waals surface area contributed by atoms with E-state index in [1.807, 2.05) is 12.3 Å². The fraction of sp³-hybridized carbons (Fsp3) is 0.667. The van der Waals surface area contributed by atoms with E-state index in [9.17, 15) is 9.90 Å². The van der Waals surface area contributed by atoms with Gasteiger partial charge in [-0.25, -0.2) is 4.98 Å². The molecular weight excluding hydrogens is 236 g/mol. The number of thiazole rings is 1. The van der Waals surface area contributed by atoms with Crippen LogP contribution < -0.4 is 0 Å². The molecule has 0 spiro atoms. The van der Waals surface area contributed by atoms with Crippen LogP contribution in [0, 0.1) is 5.41 Å². The molecule has 17 heavy (non-hydrogen) atoms. The molecule has 1 saturated heterocycles. The van der Waals surface area contributed by atoms with Crippen molar-refractivity contribution >= 4 is 17.3 Å². The molecule has 4 nitrogen and oxygen atoms in total. The number of rotatable bonds is 4. The van der Waals surface area contributed by atoms with Crippen molar-refractivity contribution in [1.29, 1.82) is 0 Å². The van der Waals surface area contributed by atoms with Crippen LogP contribution in [0.15, 0.2) is 11.6 Å². The van der Waals surface area contributed by atoms with Gasteiger partial charge in [-0.05, 0) is 19.8 Å². The molecule has 1 aromatic rings. The summed E-state index contributed by atoms with van der Waals surface area (Å²) in [7, 11) is 0. The maximum absolute atomic E-state index is 11.4. The van der Waals surface area contributed by atoms with Gasteiger partial charge in [-0.15, -0.1) is 11.3 Å². The minimum absolute atomic E-state index is 0.225. The van der Waals surface area contributed by atoms with E-state index < -0.39 is 11.4 Å². The largest absolute Gasteiger partial charge is 0.481 e. The predicted octanol–water partition coefficient (Wildman–Crippen LogP) is 2.39. The van der Waals surface area contributed by atoms with Gasteiger partial charge >= 0.3 is 5.97 Å². The van der Waals surface area contributed by atoms with E-state index >= 15 is 0 Å². The van der Waals surface area contributed by atoms with Crippen molar-refractivity contribution in [1.82, 2.24) is 9.88 Å². The highest BCUT2D eigenvalue weighted by atomic mass is 32.1. The van der Waals surface area contributed by atoms with Crippen molar-refractivity contribution < 1.29 is 9.90 Å². The summed E-state index contributed by atoms with van der Waals surface area (Å²) in [6, 6.07) is 0.225. The summed E-state index contributed by atoms with van der Waals surface area (Å²) in [6.45, 7) is 5.55. The topological polar surface area (TPSA) is 53.4 Å². The van der Waals surface area contributed by atoms with Crippen molar-refractivity contribution in [3.8, 4) is 0 Å². The number of carbonyl (C=O) groups is 1. The molecule has 1 N–H and O–H groups in total. The van der Waals surface area contributed by atoms with Crippen molar-refractivity contribution in [3.63, 3.8) is 0 Å². The standard InChI is InChI=1S/C12H18N2O2S/c1-3-12(11(15)16)4-6-14(8-12)9(2)10-13-5-7-17-10/h5,7,9H,3-4,6,8H2,1-2H3,(H,15,16). The first-order valence-corrected chi connectivity index (χ1v) is 6.84. The molecule has 1 aliphatic heterocycles. The van der Waals surface area contributed by atoms with Crippen molar-refractivity contribution in [2.75, 3.05) is 13.1 Å². The zero-order valence-electron chi connectivity index (χ0n) is 10.2. The number of hydrogen-bond donors (Lipinski definition) is 1. The minimum Gasteiger partial charge on any atom is -0.481 e. The molecule has 1 fully saturated rings. The summed E-state index contributed by atoms with van der Waals surface area (Å²) >= 11 is 1.63. The number of aliphatic carboxylic acids is 1. The van der Waals surface area contributed by atoms with E-state index in [4.69, 9.17) is 0 Å². The summed E-state index contributed by atoms with van der Waals surface area (Å²) in [5.41, 5.74) is -0.550. The lowest BCUT2D eigenvalue weighted by molar-refractivity contribution is -0.148. The summed E-state index contributed by atoms with van der Waals surface area (Å²) in [5, 5.41) is 12.4. The van der Waals surface area contributed by atoms with Gasteiger partial charge in [0.2, 0.25) is 0 Å². The van der Waals surface area contributed by atoms with Crippen LogP contribution in [0.4, 0.5) is 0 Å². The van der Waals surface area contributed by atoms with E-state index in [0.29, 0.717) is 13.0 Å². The molecule has 0 saturated carbocycles. The number of carboxylic acids is 1. The third-order valence-corrected chi connectivity index (χ3v) is 4.82. The van der Waals surface area contributed by atoms with E-state index in [-0.39, 0.29) is 6.04 Å². The van der Waals surface area contributed by atoms with Crippen LogP contribution in [0.2, 0.25) is 0 Å². The second kappa shape index (κ2) is 4.74. The fourth-order valence-electron chi connectivity index (χ4n) is 2.45. The molecule has 0 radical (unpaired) electrons. The number of aromatic nitrogens is 1. The lowest BCUT2D eigenvalue weighted by atomic mass is 9.84. The maximum Gasteiger partial charge on any atom is 0.310 e. The molecule has 0 amide bonds. The highest BCUT2D eigenvalue weighted by Crippen LogP contribution is 2.38. The average Bonchev–Trinajstić information content (AvgIpc) is 2.98. The van der Waals surface area contributed by atoms with Crippen molar-refractivity contribution in [3.05, 3.63) is 16.6 Å². The fourth-order valence-corrected chi connectivity index (χ4v) is 3.18. The van der Waals surface area contributed by atoms with Gasteiger partial charge in [0, 0.05) is 24.7 Å². The molecule has 2 unspecified atom stereocenters. The second-order valence-electron chi connectivity index (χ2n) is 4.71. The van der Waals surface area contributed by atoms with Gasteiger partial charge < -0.3 is 5.11 Å². The van der Waals surface area contributed by atoms with Gasteiger partial charge in [0.15, 0.2) is 0 Å².